The zero-order valence-electron chi connectivity index (χ0n) is 10.4. The minimum atomic E-state index is -0.891. The lowest BCUT2D eigenvalue weighted by molar-refractivity contribution is 0.0800. The van der Waals surface area contributed by atoms with Gasteiger partial charge in [0.05, 0.1) is 5.52 Å². The minimum Gasteiger partial charge on any atom is -0.383 e. The molecule has 0 aliphatic rings. The SMILES string of the molecule is [C-]#[N+]c1cc2cc(C(C)(O)CSCC)[nH]c2cn1. The molecule has 4 nitrogen and oxygen atoms in total. The Morgan fingerprint density at radius 2 is 2.33 bits per heavy atom. The molecule has 2 rings (SSSR count). The predicted octanol–water partition coefficient (Wildman–Crippen LogP) is 3.07. The fourth-order valence-corrected chi connectivity index (χ4v) is 2.51. The van der Waals surface area contributed by atoms with Crippen LogP contribution in [0.1, 0.15) is 19.5 Å². The van der Waals surface area contributed by atoms with Crippen LogP contribution in [0.5, 0.6) is 0 Å². The summed E-state index contributed by atoms with van der Waals surface area (Å²) in [7, 11) is 0. The van der Waals surface area contributed by atoms with Crippen LogP contribution in [0.15, 0.2) is 18.3 Å². The Bertz CT molecular complexity index is 598. The first-order chi connectivity index (χ1) is 8.56. The van der Waals surface area contributed by atoms with Crippen molar-refractivity contribution in [3.63, 3.8) is 0 Å². The largest absolute Gasteiger partial charge is 0.383 e. The number of nitrogens with zero attached hydrogens (tertiary/aromatic N) is 2. The third-order valence-corrected chi connectivity index (χ3v) is 3.95. The molecular formula is C13H15N3OS. The van der Waals surface area contributed by atoms with E-state index < -0.39 is 5.60 Å². The molecule has 18 heavy (non-hydrogen) atoms. The summed E-state index contributed by atoms with van der Waals surface area (Å²) in [6.07, 6.45) is 1.63. The second-order valence-corrected chi connectivity index (χ2v) is 5.61. The number of fused-ring (bicyclic) bond motifs is 1. The van der Waals surface area contributed by atoms with Gasteiger partial charge in [-0.1, -0.05) is 13.5 Å². The van der Waals surface area contributed by atoms with E-state index in [1.54, 1.807) is 30.9 Å². The second kappa shape index (κ2) is 5.01. The van der Waals surface area contributed by atoms with Gasteiger partial charge in [-0.3, -0.25) is 0 Å². The summed E-state index contributed by atoms with van der Waals surface area (Å²) >= 11 is 1.69. The maximum Gasteiger partial charge on any atom is 0.270 e. The van der Waals surface area contributed by atoms with Crippen LogP contribution < -0.4 is 0 Å². The molecule has 0 aromatic carbocycles. The van der Waals surface area contributed by atoms with Gasteiger partial charge >= 0.3 is 0 Å². The van der Waals surface area contributed by atoms with Crippen molar-refractivity contribution in [1.29, 1.82) is 0 Å². The number of aliphatic hydroxyl groups is 1. The van der Waals surface area contributed by atoms with Gasteiger partial charge in [-0.25, -0.2) is 0 Å². The minimum absolute atomic E-state index is 0.371. The molecule has 0 saturated heterocycles. The molecule has 0 amide bonds. The maximum absolute atomic E-state index is 10.4. The van der Waals surface area contributed by atoms with Crippen molar-refractivity contribution in [2.45, 2.75) is 19.4 Å². The number of hydrogen-bond donors (Lipinski definition) is 2. The van der Waals surface area contributed by atoms with Crippen LogP contribution in [0.4, 0.5) is 5.82 Å². The van der Waals surface area contributed by atoms with Gasteiger partial charge in [0.25, 0.3) is 5.82 Å². The lowest BCUT2D eigenvalue weighted by atomic mass is 10.1. The van der Waals surface area contributed by atoms with E-state index in [9.17, 15) is 5.11 Å². The van der Waals surface area contributed by atoms with Crippen molar-refractivity contribution < 1.29 is 5.11 Å². The first-order valence-corrected chi connectivity index (χ1v) is 6.89. The Balaban J connectivity index is 2.38. The quantitative estimate of drug-likeness (QED) is 0.832. The molecule has 2 aromatic heterocycles. The lowest BCUT2D eigenvalue weighted by Gasteiger charge is -2.21. The van der Waals surface area contributed by atoms with E-state index in [-0.39, 0.29) is 0 Å². The van der Waals surface area contributed by atoms with Gasteiger partial charge in [0.1, 0.15) is 11.8 Å². The number of thioether (sulfide) groups is 1. The van der Waals surface area contributed by atoms with Gasteiger partial charge in [0, 0.05) is 11.4 Å². The van der Waals surface area contributed by atoms with Gasteiger partial charge in [0.15, 0.2) is 0 Å². The molecule has 2 heterocycles. The van der Waals surface area contributed by atoms with Crippen LogP contribution in [0.3, 0.4) is 0 Å². The number of rotatable bonds is 4. The highest BCUT2D eigenvalue weighted by Gasteiger charge is 2.25. The van der Waals surface area contributed by atoms with Gasteiger partial charge in [-0.05, 0) is 30.2 Å². The molecule has 0 fully saturated rings. The molecule has 1 unspecified atom stereocenters. The topological polar surface area (TPSA) is 53.3 Å². The molecule has 0 radical (unpaired) electrons. The second-order valence-electron chi connectivity index (χ2n) is 4.34. The Morgan fingerprint density at radius 3 is 3.00 bits per heavy atom. The Labute approximate surface area is 110 Å². The van der Waals surface area contributed by atoms with Crippen molar-refractivity contribution >= 4 is 28.5 Å². The molecule has 0 saturated carbocycles. The summed E-state index contributed by atoms with van der Waals surface area (Å²) in [6.45, 7) is 10.8. The highest BCUT2D eigenvalue weighted by molar-refractivity contribution is 7.99. The van der Waals surface area contributed by atoms with Crippen molar-refractivity contribution in [3.8, 4) is 0 Å². The van der Waals surface area contributed by atoms with Crippen LogP contribution in [-0.2, 0) is 5.60 Å². The average molecular weight is 261 g/mol. The zero-order chi connectivity index (χ0) is 13.2. The van der Waals surface area contributed by atoms with Crippen LogP contribution in [0, 0.1) is 6.57 Å². The fraction of sp³-hybridized carbons (Fsp3) is 0.385. The molecule has 94 valence electrons. The van der Waals surface area contributed by atoms with E-state index in [2.05, 4.69) is 21.7 Å². The van der Waals surface area contributed by atoms with E-state index in [0.717, 1.165) is 22.3 Å². The summed E-state index contributed by atoms with van der Waals surface area (Å²) in [6, 6.07) is 3.62. The van der Waals surface area contributed by atoms with Crippen molar-refractivity contribution in [3.05, 3.63) is 35.4 Å². The summed E-state index contributed by atoms with van der Waals surface area (Å²) in [4.78, 5) is 10.5. The van der Waals surface area contributed by atoms with Gasteiger partial charge < -0.3 is 14.9 Å². The van der Waals surface area contributed by atoms with E-state index in [4.69, 9.17) is 6.57 Å². The molecule has 0 bridgehead atoms. The molecule has 0 aliphatic carbocycles. The van der Waals surface area contributed by atoms with E-state index >= 15 is 0 Å². The molecule has 0 aliphatic heterocycles. The van der Waals surface area contributed by atoms with Crippen LogP contribution in [-0.4, -0.2) is 26.6 Å². The summed E-state index contributed by atoms with van der Waals surface area (Å²) in [5.74, 6) is 1.98. The van der Waals surface area contributed by atoms with E-state index in [1.807, 2.05) is 6.07 Å². The third-order valence-electron chi connectivity index (χ3n) is 2.77. The van der Waals surface area contributed by atoms with Crippen LogP contribution >= 0.6 is 11.8 Å². The van der Waals surface area contributed by atoms with Crippen LogP contribution in [0.25, 0.3) is 15.7 Å². The summed E-state index contributed by atoms with van der Waals surface area (Å²) < 4.78 is 0. The summed E-state index contributed by atoms with van der Waals surface area (Å²) in [5.41, 5.74) is 0.722. The molecule has 2 aromatic rings. The summed E-state index contributed by atoms with van der Waals surface area (Å²) in [5, 5.41) is 11.3. The fourth-order valence-electron chi connectivity index (χ4n) is 1.75. The Morgan fingerprint density at radius 1 is 1.56 bits per heavy atom. The standard InChI is InChI=1S/C13H15N3OS/c1-4-18-8-13(2,17)11-5-9-6-12(14-3)15-7-10(9)16-11/h5-7,16-17H,4,8H2,1-2H3. The monoisotopic (exact) mass is 261 g/mol. The maximum atomic E-state index is 10.4. The molecule has 0 spiro atoms. The third kappa shape index (κ3) is 2.50. The average Bonchev–Trinajstić information content (AvgIpc) is 2.79. The molecule has 5 heteroatoms. The van der Waals surface area contributed by atoms with Gasteiger partial charge in [-0.2, -0.15) is 11.8 Å². The predicted molar refractivity (Wildman–Crippen MR) is 74.9 cm³/mol. The number of aromatic amines is 1. The van der Waals surface area contributed by atoms with E-state index in [1.165, 1.54) is 0 Å². The van der Waals surface area contributed by atoms with Gasteiger partial charge in [0.2, 0.25) is 0 Å². The first-order valence-electron chi connectivity index (χ1n) is 5.73. The number of pyridine rings is 1. The van der Waals surface area contributed by atoms with Gasteiger partial charge in [-0.15, -0.1) is 4.98 Å². The Hall–Kier alpha value is -1.51. The number of hydrogen-bond acceptors (Lipinski definition) is 3. The van der Waals surface area contributed by atoms with Crippen molar-refractivity contribution in [2.24, 2.45) is 0 Å². The van der Waals surface area contributed by atoms with Crippen LogP contribution in [0.2, 0.25) is 0 Å². The normalized spacial score (nSPS) is 14.3. The molecular weight excluding hydrogens is 246 g/mol. The van der Waals surface area contributed by atoms with E-state index in [0.29, 0.717) is 11.6 Å². The number of aromatic nitrogens is 2. The number of nitrogens with one attached hydrogen (secondary N) is 1. The molecule has 2 N–H and O–H groups in total. The Kier molecular flexibility index (Phi) is 3.60. The lowest BCUT2D eigenvalue weighted by Crippen LogP contribution is -2.24. The zero-order valence-corrected chi connectivity index (χ0v) is 11.2. The smallest absolute Gasteiger partial charge is 0.270 e. The molecule has 1 atom stereocenters. The van der Waals surface area contributed by atoms with Crippen molar-refractivity contribution in [2.75, 3.05) is 11.5 Å². The van der Waals surface area contributed by atoms with Crippen molar-refractivity contribution in [1.82, 2.24) is 9.97 Å². The number of H-pyrrole nitrogens is 1. The highest BCUT2D eigenvalue weighted by Crippen LogP contribution is 2.28. The highest BCUT2D eigenvalue weighted by atomic mass is 32.2. The first kappa shape index (κ1) is 12.9.